The number of nitrogens with two attached hydrogens (primary N) is 1. The van der Waals surface area contributed by atoms with Crippen molar-refractivity contribution in [1.82, 2.24) is 30.7 Å². The van der Waals surface area contributed by atoms with Crippen LogP contribution < -0.4 is 11.2 Å². The second-order valence-electron chi connectivity index (χ2n) is 6.88. The summed E-state index contributed by atoms with van der Waals surface area (Å²) in [6.07, 6.45) is 1.57. The monoisotopic (exact) mass is 382 g/mol. The van der Waals surface area contributed by atoms with Crippen LogP contribution in [0.2, 0.25) is 0 Å². The zero-order chi connectivity index (χ0) is 20.3. The standard InChI is InChI=1S/C18H22N8O2/c1-10(2)13-7-5-12(6-8-13)9-20-22-18(27)14-15(11(3)4)26(25-21-14)17-16(19)23-28-24-17/h5-11H,1-4H3,(H2,19,23)(H,22,27)/b20-9+. The lowest BCUT2D eigenvalue weighted by Gasteiger charge is -2.08. The second-order valence-corrected chi connectivity index (χ2v) is 6.88. The number of carbonyl (C=O) groups is 1. The Bertz CT molecular complexity index is 985. The minimum atomic E-state index is -0.486. The number of nitrogen functional groups attached to an aromatic ring is 1. The molecule has 0 atom stereocenters. The predicted molar refractivity (Wildman–Crippen MR) is 103 cm³/mol. The van der Waals surface area contributed by atoms with Crippen molar-refractivity contribution < 1.29 is 9.42 Å². The van der Waals surface area contributed by atoms with Crippen LogP contribution in [0.25, 0.3) is 5.82 Å². The number of anilines is 1. The molecule has 0 saturated heterocycles. The third-order valence-corrected chi connectivity index (χ3v) is 4.15. The van der Waals surface area contributed by atoms with Gasteiger partial charge in [0.1, 0.15) is 0 Å². The molecule has 0 unspecified atom stereocenters. The molecule has 1 amide bonds. The van der Waals surface area contributed by atoms with E-state index in [1.54, 1.807) is 6.21 Å². The molecule has 0 aliphatic carbocycles. The number of hydrazone groups is 1. The first-order valence-electron chi connectivity index (χ1n) is 8.85. The third kappa shape index (κ3) is 3.90. The van der Waals surface area contributed by atoms with E-state index in [-0.39, 0.29) is 23.2 Å². The lowest BCUT2D eigenvalue weighted by molar-refractivity contribution is 0.0948. The average molecular weight is 382 g/mol. The molecule has 1 aromatic carbocycles. The summed E-state index contributed by atoms with van der Waals surface area (Å²) in [4.78, 5) is 12.5. The molecule has 28 heavy (non-hydrogen) atoms. The molecular formula is C18H22N8O2. The first kappa shape index (κ1) is 19.2. The smallest absolute Gasteiger partial charge is 0.293 e. The van der Waals surface area contributed by atoms with E-state index in [9.17, 15) is 4.79 Å². The highest BCUT2D eigenvalue weighted by Gasteiger charge is 2.25. The molecule has 0 spiro atoms. The number of aromatic nitrogens is 5. The summed E-state index contributed by atoms with van der Waals surface area (Å²) < 4.78 is 5.95. The first-order chi connectivity index (χ1) is 13.4. The fraction of sp³-hybridized carbons (Fsp3) is 0.333. The molecule has 0 aliphatic rings. The molecule has 0 aliphatic heterocycles. The van der Waals surface area contributed by atoms with Gasteiger partial charge in [-0.1, -0.05) is 57.2 Å². The summed E-state index contributed by atoms with van der Waals surface area (Å²) in [5.74, 6) is 0.127. The molecule has 3 N–H and O–H groups in total. The summed E-state index contributed by atoms with van der Waals surface area (Å²) in [5.41, 5.74) is 11.0. The quantitative estimate of drug-likeness (QED) is 0.492. The number of benzene rings is 1. The SMILES string of the molecule is CC(C)c1ccc(/C=N/NC(=O)c2nnn(-c3nonc3N)c2C(C)C)cc1. The lowest BCUT2D eigenvalue weighted by Crippen LogP contribution is -2.21. The van der Waals surface area contributed by atoms with Crippen LogP contribution in [0.1, 0.15) is 66.8 Å². The van der Waals surface area contributed by atoms with E-state index in [1.165, 1.54) is 10.2 Å². The van der Waals surface area contributed by atoms with Gasteiger partial charge in [-0.05, 0) is 33.3 Å². The summed E-state index contributed by atoms with van der Waals surface area (Å²) in [6.45, 7) is 8.06. The van der Waals surface area contributed by atoms with Gasteiger partial charge in [-0.3, -0.25) is 4.79 Å². The van der Waals surface area contributed by atoms with Crippen LogP contribution in [0.15, 0.2) is 34.0 Å². The highest BCUT2D eigenvalue weighted by atomic mass is 16.6. The van der Waals surface area contributed by atoms with Crippen molar-refractivity contribution in [1.29, 1.82) is 0 Å². The number of nitrogens with one attached hydrogen (secondary N) is 1. The molecule has 0 fully saturated rings. The Morgan fingerprint density at radius 1 is 1.18 bits per heavy atom. The van der Waals surface area contributed by atoms with Crippen LogP contribution in [0, 0.1) is 0 Å². The first-order valence-corrected chi connectivity index (χ1v) is 8.85. The maximum absolute atomic E-state index is 12.5. The summed E-state index contributed by atoms with van der Waals surface area (Å²) in [6, 6.07) is 7.96. The van der Waals surface area contributed by atoms with Gasteiger partial charge in [0.15, 0.2) is 5.69 Å². The molecule has 10 nitrogen and oxygen atoms in total. The van der Waals surface area contributed by atoms with Gasteiger partial charge in [-0.2, -0.15) is 9.78 Å². The van der Waals surface area contributed by atoms with Crippen LogP contribution in [-0.4, -0.2) is 37.4 Å². The van der Waals surface area contributed by atoms with Crippen LogP contribution >= 0.6 is 0 Å². The molecule has 2 aromatic heterocycles. The maximum Gasteiger partial charge on any atom is 0.293 e. The topological polar surface area (TPSA) is 137 Å². The maximum atomic E-state index is 12.5. The van der Waals surface area contributed by atoms with Crippen molar-refractivity contribution in [2.75, 3.05) is 5.73 Å². The molecular weight excluding hydrogens is 360 g/mol. The number of hydrogen-bond acceptors (Lipinski definition) is 8. The van der Waals surface area contributed by atoms with Crippen LogP contribution in [-0.2, 0) is 0 Å². The molecule has 3 rings (SSSR count). The fourth-order valence-corrected chi connectivity index (χ4v) is 2.65. The van der Waals surface area contributed by atoms with E-state index < -0.39 is 5.91 Å². The Labute approximate surface area is 161 Å². The van der Waals surface area contributed by atoms with E-state index in [1.807, 2.05) is 38.1 Å². The normalized spacial score (nSPS) is 11.6. The van der Waals surface area contributed by atoms with Gasteiger partial charge in [0.2, 0.25) is 11.6 Å². The lowest BCUT2D eigenvalue weighted by atomic mass is 10.0. The van der Waals surface area contributed by atoms with Gasteiger partial charge in [0.25, 0.3) is 5.91 Å². The van der Waals surface area contributed by atoms with Crippen LogP contribution in [0.4, 0.5) is 5.82 Å². The van der Waals surface area contributed by atoms with E-state index in [0.717, 1.165) is 5.56 Å². The Balaban J connectivity index is 1.77. The Hall–Kier alpha value is -3.56. The van der Waals surface area contributed by atoms with Gasteiger partial charge in [0.05, 0.1) is 11.9 Å². The zero-order valence-electron chi connectivity index (χ0n) is 16.1. The Morgan fingerprint density at radius 3 is 2.46 bits per heavy atom. The summed E-state index contributed by atoms with van der Waals surface area (Å²) in [7, 11) is 0. The number of nitrogens with zero attached hydrogens (tertiary/aromatic N) is 6. The van der Waals surface area contributed by atoms with E-state index >= 15 is 0 Å². The molecule has 3 aromatic rings. The minimum absolute atomic E-state index is 0.0571. The highest BCUT2D eigenvalue weighted by molar-refractivity contribution is 5.94. The van der Waals surface area contributed by atoms with Crippen molar-refractivity contribution in [2.24, 2.45) is 5.10 Å². The number of rotatable bonds is 6. The van der Waals surface area contributed by atoms with Gasteiger partial charge in [-0.15, -0.1) is 5.10 Å². The minimum Gasteiger partial charge on any atom is -0.378 e. The number of carbonyl (C=O) groups excluding carboxylic acids is 1. The van der Waals surface area contributed by atoms with Gasteiger partial charge in [-0.25, -0.2) is 10.1 Å². The molecule has 146 valence electrons. The second kappa shape index (κ2) is 7.99. The molecule has 0 saturated carbocycles. The van der Waals surface area contributed by atoms with Crippen molar-refractivity contribution in [3.05, 3.63) is 46.8 Å². The zero-order valence-corrected chi connectivity index (χ0v) is 16.1. The van der Waals surface area contributed by atoms with Crippen molar-refractivity contribution in [3.8, 4) is 5.82 Å². The molecule has 2 heterocycles. The molecule has 10 heteroatoms. The number of amides is 1. The van der Waals surface area contributed by atoms with Crippen molar-refractivity contribution >= 4 is 17.9 Å². The fourth-order valence-electron chi connectivity index (χ4n) is 2.65. The average Bonchev–Trinajstić information content (AvgIpc) is 3.27. The van der Waals surface area contributed by atoms with E-state index in [0.29, 0.717) is 11.6 Å². The van der Waals surface area contributed by atoms with Crippen LogP contribution in [0.3, 0.4) is 0 Å². The van der Waals surface area contributed by atoms with E-state index in [4.69, 9.17) is 5.73 Å². The highest BCUT2D eigenvalue weighted by Crippen LogP contribution is 2.22. The summed E-state index contributed by atoms with van der Waals surface area (Å²) in [5, 5.41) is 19.2. The largest absolute Gasteiger partial charge is 0.378 e. The summed E-state index contributed by atoms with van der Waals surface area (Å²) >= 11 is 0. The van der Waals surface area contributed by atoms with Gasteiger partial charge in [0, 0.05) is 0 Å². The Kier molecular flexibility index (Phi) is 5.48. The Morgan fingerprint density at radius 2 is 1.89 bits per heavy atom. The van der Waals surface area contributed by atoms with Crippen molar-refractivity contribution in [3.63, 3.8) is 0 Å². The third-order valence-electron chi connectivity index (χ3n) is 4.15. The molecule has 0 radical (unpaired) electrons. The van der Waals surface area contributed by atoms with Gasteiger partial charge < -0.3 is 5.73 Å². The van der Waals surface area contributed by atoms with Crippen molar-refractivity contribution in [2.45, 2.75) is 39.5 Å². The number of hydrogen-bond donors (Lipinski definition) is 2. The predicted octanol–water partition coefficient (Wildman–Crippen LogP) is 2.24. The van der Waals surface area contributed by atoms with Gasteiger partial charge >= 0.3 is 0 Å². The molecule has 0 bridgehead atoms. The van der Waals surface area contributed by atoms with Crippen LogP contribution in [0.5, 0.6) is 0 Å². The van der Waals surface area contributed by atoms with E-state index in [2.05, 4.69) is 49.6 Å².